The summed E-state index contributed by atoms with van der Waals surface area (Å²) in [6, 6.07) is 7.72. The zero-order chi connectivity index (χ0) is 11.4. The zero-order valence-corrected chi connectivity index (χ0v) is 10.3. The van der Waals surface area contributed by atoms with E-state index >= 15 is 0 Å². The molecule has 16 heavy (non-hydrogen) atoms. The molecule has 0 radical (unpaired) electrons. The number of hydrogen-bond donors (Lipinski definition) is 1. The molecule has 0 heterocycles. The van der Waals surface area contributed by atoms with Crippen molar-refractivity contribution in [1.82, 2.24) is 0 Å². The first-order chi connectivity index (χ1) is 7.75. The SMILES string of the molecule is Nc1ccccc1CS(=O)CC1CCCC1. The molecule has 2 N–H and O–H groups in total. The molecule has 0 amide bonds. The molecule has 3 heteroatoms. The van der Waals surface area contributed by atoms with E-state index in [2.05, 4.69) is 0 Å². The molecule has 1 aliphatic rings. The van der Waals surface area contributed by atoms with Crippen molar-refractivity contribution >= 4 is 16.5 Å². The van der Waals surface area contributed by atoms with Crippen molar-refractivity contribution in [1.29, 1.82) is 0 Å². The fraction of sp³-hybridized carbons (Fsp3) is 0.538. The number of para-hydroxylation sites is 1. The maximum absolute atomic E-state index is 12.0. The molecule has 0 aliphatic heterocycles. The highest BCUT2D eigenvalue weighted by Gasteiger charge is 2.18. The van der Waals surface area contributed by atoms with Gasteiger partial charge in [0.15, 0.2) is 0 Å². The number of nitrogens with two attached hydrogens (primary N) is 1. The first kappa shape index (κ1) is 11.6. The lowest BCUT2D eigenvalue weighted by Crippen LogP contribution is -2.10. The minimum atomic E-state index is -0.751. The van der Waals surface area contributed by atoms with Gasteiger partial charge >= 0.3 is 0 Å². The molecule has 88 valence electrons. The van der Waals surface area contributed by atoms with Crippen molar-refractivity contribution in [3.05, 3.63) is 29.8 Å². The summed E-state index contributed by atoms with van der Waals surface area (Å²) in [5, 5.41) is 0. The van der Waals surface area contributed by atoms with E-state index in [9.17, 15) is 4.21 Å². The van der Waals surface area contributed by atoms with Crippen LogP contribution in [0.1, 0.15) is 31.2 Å². The summed E-state index contributed by atoms with van der Waals surface area (Å²) in [6.07, 6.45) is 5.15. The van der Waals surface area contributed by atoms with Gasteiger partial charge in [0.2, 0.25) is 0 Å². The normalized spacial score (nSPS) is 18.8. The topological polar surface area (TPSA) is 43.1 Å². The minimum absolute atomic E-state index is 0.614. The van der Waals surface area contributed by atoms with Crippen molar-refractivity contribution in [3.8, 4) is 0 Å². The molecule has 2 nitrogen and oxygen atoms in total. The van der Waals surface area contributed by atoms with Crippen molar-refractivity contribution in [2.24, 2.45) is 5.92 Å². The van der Waals surface area contributed by atoms with Crippen LogP contribution in [0.15, 0.2) is 24.3 Å². The average Bonchev–Trinajstić information content (AvgIpc) is 2.74. The molecule has 0 spiro atoms. The fourth-order valence-corrected chi connectivity index (χ4v) is 3.92. The van der Waals surface area contributed by atoms with E-state index in [1.165, 1.54) is 25.7 Å². The van der Waals surface area contributed by atoms with Crippen LogP contribution in [0.2, 0.25) is 0 Å². The number of rotatable bonds is 4. The van der Waals surface area contributed by atoms with E-state index in [1.54, 1.807) is 0 Å². The molecular formula is C13H19NOS. The lowest BCUT2D eigenvalue weighted by molar-refractivity contribution is 0.604. The van der Waals surface area contributed by atoms with Crippen molar-refractivity contribution in [3.63, 3.8) is 0 Å². The van der Waals surface area contributed by atoms with Crippen LogP contribution in [0, 0.1) is 5.92 Å². The van der Waals surface area contributed by atoms with Crippen molar-refractivity contribution in [2.45, 2.75) is 31.4 Å². The van der Waals surface area contributed by atoms with Gasteiger partial charge in [-0.05, 0) is 30.4 Å². The third-order valence-corrected chi connectivity index (χ3v) is 4.74. The highest BCUT2D eigenvalue weighted by molar-refractivity contribution is 7.84. The van der Waals surface area contributed by atoms with Gasteiger partial charge in [0.05, 0.1) is 5.75 Å². The summed E-state index contributed by atoms with van der Waals surface area (Å²) in [5.74, 6) is 2.16. The Kier molecular flexibility index (Phi) is 3.99. The first-order valence-electron chi connectivity index (χ1n) is 5.94. The van der Waals surface area contributed by atoms with Crippen LogP contribution in [0.5, 0.6) is 0 Å². The predicted octanol–water partition coefficient (Wildman–Crippen LogP) is 2.71. The lowest BCUT2D eigenvalue weighted by atomic mass is 10.1. The van der Waals surface area contributed by atoms with Crippen LogP contribution in [0.25, 0.3) is 0 Å². The molecule has 2 rings (SSSR count). The number of nitrogen functional groups attached to an aromatic ring is 1. The molecule has 1 aliphatic carbocycles. The molecule has 0 aromatic heterocycles. The van der Waals surface area contributed by atoms with Crippen LogP contribution in [-0.2, 0) is 16.6 Å². The molecule has 1 unspecified atom stereocenters. The summed E-state index contributed by atoms with van der Waals surface area (Å²) < 4.78 is 12.0. The summed E-state index contributed by atoms with van der Waals surface area (Å²) in [6.45, 7) is 0. The summed E-state index contributed by atoms with van der Waals surface area (Å²) in [5.41, 5.74) is 7.64. The fourth-order valence-electron chi connectivity index (χ4n) is 2.34. The Morgan fingerprint density at radius 2 is 1.94 bits per heavy atom. The Morgan fingerprint density at radius 3 is 2.62 bits per heavy atom. The van der Waals surface area contributed by atoms with Crippen molar-refractivity contribution in [2.75, 3.05) is 11.5 Å². The smallest absolute Gasteiger partial charge is 0.0506 e. The molecule has 1 saturated carbocycles. The van der Waals surface area contributed by atoms with Gasteiger partial charge in [-0.1, -0.05) is 31.0 Å². The maximum atomic E-state index is 12.0. The van der Waals surface area contributed by atoms with Gasteiger partial charge in [-0.2, -0.15) is 0 Å². The van der Waals surface area contributed by atoms with Gasteiger partial charge in [0.25, 0.3) is 0 Å². The second-order valence-electron chi connectivity index (χ2n) is 4.60. The number of anilines is 1. The monoisotopic (exact) mass is 237 g/mol. The van der Waals surface area contributed by atoms with E-state index in [0.717, 1.165) is 17.0 Å². The van der Waals surface area contributed by atoms with Crippen LogP contribution < -0.4 is 5.73 Å². The number of benzene rings is 1. The summed E-state index contributed by atoms with van der Waals surface area (Å²) >= 11 is 0. The Bertz CT molecular complexity index is 372. The maximum Gasteiger partial charge on any atom is 0.0506 e. The molecule has 1 aromatic rings. The first-order valence-corrected chi connectivity index (χ1v) is 7.43. The molecular weight excluding hydrogens is 218 g/mol. The second-order valence-corrected chi connectivity index (χ2v) is 6.10. The third-order valence-electron chi connectivity index (χ3n) is 3.27. The van der Waals surface area contributed by atoms with E-state index in [4.69, 9.17) is 5.73 Å². The largest absolute Gasteiger partial charge is 0.398 e. The molecule has 0 saturated heterocycles. The highest BCUT2D eigenvalue weighted by Crippen LogP contribution is 2.26. The Morgan fingerprint density at radius 1 is 1.25 bits per heavy atom. The Hall–Kier alpha value is -0.830. The van der Waals surface area contributed by atoms with Gasteiger partial charge in [0, 0.05) is 22.2 Å². The standard InChI is InChI=1S/C13H19NOS/c14-13-8-4-3-7-12(13)10-16(15)9-11-5-1-2-6-11/h3-4,7-8,11H,1-2,5-6,9-10,14H2. The molecule has 1 aromatic carbocycles. The zero-order valence-electron chi connectivity index (χ0n) is 9.52. The van der Waals surface area contributed by atoms with Crippen LogP contribution in [0.3, 0.4) is 0 Å². The molecule has 1 atom stereocenters. The predicted molar refractivity (Wildman–Crippen MR) is 69.5 cm³/mol. The quantitative estimate of drug-likeness (QED) is 0.818. The summed E-state index contributed by atoms with van der Waals surface area (Å²) in [7, 11) is -0.751. The van der Waals surface area contributed by atoms with Gasteiger partial charge in [-0.3, -0.25) is 4.21 Å². The second kappa shape index (κ2) is 5.48. The Balaban J connectivity index is 1.89. The molecule has 1 fully saturated rings. The highest BCUT2D eigenvalue weighted by atomic mass is 32.2. The molecule has 0 bridgehead atoms. The van der Waals surface area contributed by atoms with Crippen LogP contribution in [0.4, 0.5) is 5.69 Å². The van der Waals surface area contributed by atoms with Crippen LogP contribution in [-0.4, -0.2) is 9.96 Å². The van der Waals surface area contributed by atoms with Gasteiger partial charge in [0.1, 0.15) is 0 Å². The van der Waals surface area contributed by atoms with Crippen molar-refractivity contribution < 1.29 is 4.21 Å². The van der Waals surface area contributed by atoms with E-state index < -0.39 is 10.8 Å². The summed E-state index contributed by atoms with van der Waals surface area (Å²) in [4.78, 5) is 0. The third kappa shape index (κ3) is 3.08. The van der Waals surface area contributed by atoms with Gasteiger partial charge in [-0.25, -0.2) is 0 Å². The number of hydrogen-bond acceptors (Lipinski definition) is 2. The lowest BCUT2D eigenvalue weighted by Gasteiger charge is -2.09. The van der Waals surface area contributed by atoms with E-state index in [-0.39, 0.29) is 0 Å². The average molecular weight is 237 g/mol. The van der Waals surface area contributed by atoms with E-state index in [1.807, 2.05) is 24.3 Å². The minimum Gasteiger partial charge on any atom is -0.398 e. The van der Waals surface area contributed by atoms with Crippen LogP contribution >= 0.6 is 0 Å². The van der Waals surface area contributed by atoms with Gasteiger partial charge in [-0.15, -0.1) is 0 Å². The Labute approximate surface area is 99.7 Å². The van der Waals surface area contributed by atoms with E-state index in [0.29, 0.717) is 11.7 Å². The van der Waals surface area contributed by atoms with Gasteiger partial charge < -0.3 is 5.73 Å².